The number of carbonyl (C=O) groups excluding carboxylic acids is 1. The van der Waals surface area contributed by atoms with Crippen molar-refractivity contribution in [3.63, 3.8) is 0 Å². The molecule has 1 aromatic carbocycles. The van der Waals surface area contributed by atoms with Gasteiger partial charge in [-0.15, -0.1) is 0 Å². The highest BCUT2D eigenvalue weighted by Crippen LogP contribution is 2.55. The first kappa shape index (κ1) is 14.4. The number of hydrogen-bond donors (Lipinski definition) is 1. The van der Waals surface area contributed by atoms with Crippen molar-refractivity contribution in [2.45, 2.75) is 51.0 Å². The van der Waals surface area contributed by atoms with Gasteiger partial charge in [-0.2, -0.15) is 0 Å². The lowest BCUT2D eigenvalue weighted by Crippen LogP contribution is -2.59. The maximum Gasteiger partial charge on any atom is 0.166 e. The van der Waals surface area contributed by atoms with E-state index in [0.717, 1.165) is 29.9 Å². The Hall–Kier alpha value is -1.15. The number of carbonyl (C=O) groups is 1. The van der Waals surface area contributed by atoms with Gasteiger partial charge in [-0.05, 0) is 56.3 Å². The van der Waals surface area contributed by atoms with Crippen LogP contribution >= 0.6 is 0 Å². The van der Waals surface area contributed by atoms with E-state index in [1.807, 2.05) is 30.3 Å². The number of ketones is 1. The van der Waals surface area contributed by atoms with Gasteiger partial charge in [0.05, 0.1) is 0 Å². The van der Waals surface area contributed by atoms with Crippen LogP contribution in [0, 0.1) is 23.7 Å². The van der Waals surface area contributed by atoms with Crippen LogP contribution in [0.4, 0.5) is 0 Å². The van der Waals surface area contributed by atoms with Crippen molar-refractivity contribution >= 4 is 5.78 Å². The van der Waals surface area contributed by atoms with Crippen LogP contribution in [-0.2, 0) is 0 Å². The van der Waals surface area contributed by atoms with Crippen molar-refractivity contribution in [1.29, 1.82) is 0 Å². The molecule has 4 saturated carbocycles. The molecule has 1 atom stereocenters. The van der Waals surface area contributed by atoms with Crippen LogP contribution < -0.4 is 5.32 Å². The SMILES string of the molecule is CC(CNC12CC3CC(CC(C3)C1)C2)C(=O)c1ccccc1. The maximum atomic E-state index is 12.5. The molecule has 0 aliphatic heterocycles. The van der Waals surface area contributed by atoms with Crippen molar-refractivity contribution in [3.05, 3.63) is 35.9 Å². The van der Waals surface area contributed by atoms with E-state index in [1.54, 1.807) is 0 Å². The number of Topliss-reactive ketones (excluding diaryl/α,β-unsaturated/α-hetero) is 1. The molecule has 0 saturated heterocycles. The standard InChI is InChI=1S/C20H27NO/c1-14(19(22)18-5-3-2-4-6-18)13-21-20-10-15-7-16(11-20)9-17(8-15)12-20/h2-6,14-17,21H,7-13H2,1H3. The summed E-state index contributed by atoms with van der Waals surface area (Å²) in [4.78, 5) is 12.5. The normalized spacial score (nSPS) is 37.2. The van der Waals surface area contributed by atoms with E-state index in [0.29, 0.717) is 5.54 Å². The van der Waals surface area contributed by atoms with Crippen LogP contribution in [-0.4, -0.2) is 17.9 Å². The van der Waals surface area contributed by atoms with Crippen LogP contribution in [0.25, 0.3) is 0 Å². The summed E-state index contributed by atoms with van der Waals surface area (Å²) >= 11 is 0. The lowest BCUT2D eigenvalue weighted by molar-refractivity contribution is -0.0206. The zero-order chi connectivity index (χ0) is 15.2. The summed E-state index contributed by atoms with van der Waals surface area (Å²) in [5, 5.41) is 3.86. The van der Waals surface area contributed by atoms with Gasteiger partial charge in [-0.25, -0.2) is 0 Å². The second-order valence-corrected chi connectivity index (χ2v) is 8.21. The first-order chi connectivity index (χ1) is 10.6. The molecule has 1 unspecified atom stereocenters. The van der Waals surface area contributed by atoms with E-state index in [1.165, 1.54) is 38.5 Å². The third kappa shape index (κ3) is 2.62. The number of benzene rings is 1. The van der Waals surface area contributed by atoms with Crippen LogP contribution in [0.1, 0.15) is 55.8 Å². The molecule has 1 N–H and O–H groups in total. The van der Waals surface area contributed by atoms with Gasteiger partial charge >= 0.3 is 0 Å². The predicted octanol–water partition coefficient (Wildman–Crippen LogP) is 4.06. The third-order valence-electron chi connectivity index (χ3n) is 6.33. The highest BCUT2D eigenvalue weighted by molar-refractivity contribution is 5.97. The molecule has 4 bridgehead atoms. The molecule has 4 aliphatic rings. The van der Waals surface area contributed by atoms with Gasteiger partial charge in [-0.1, -0.05) is 37.3 Å². The van der Waals surface area contributed by atoms with E-state index in [4.69, 9.17) is 0 Å². The van der Waals surface area contributed by atoms with Crippen molar-refractivity contribution in [1.82, 2.24) is 5.32 Å². The fourth-order valence-electron chi connectivity index (χ4n) is 5.68. The van der Waals surface area contributed by atoms with Crippen LogP contribution in [0.5, 0.6) is 0 Å². The highest BCUT2D eigenvalue weighted by Gasteiger charge is 2.50. The topological polar surface area (TPSA) is 29.1 Å². The van der Waals surface area contributed by atoms with E-state index in [-0.39, 0.29) is 11.7 Å². The molecule has 0 aromatic heterocycles. The Morgan fingerprint density at radius 2 is 1.64 bits per heavy atom. The fourth-order valence-corrected chi connectivity index (χ4v) is 5.68. The number of rotatable bonds is 5. The van der Waals surface area contributed by atoms with E-state index in [2.05, 4.69) is 12.2 Å². The zero-order valence-corrected chi connectivity index (χ0v) is 13.6. The molecule has 0 amide bonds. The molecule has 0 heterocycles. The van der Waals surface area contributed by atoms with Crippen molar-refractivity contribution in [2.24, 2.45) is 23.7 Å². The van der Waals surface area contributed by atoms with E-state index in [9.17, 15) is 4.79 Å². The Bertz CT molecular complexity index is 515. The van der Waals surface area contributed by atoms with Gasteiger partial charge in [0.2, 0.25) is 0 Å². The molecule has 5 rings (SSSR count). The molecule has 1 aromatic rings. The average molecular weight is 297 g/mol. The van der Waals surface area contributed by atoms with E-state index >= 15 is 0 Å². The Morgan fingerprint density at radius 1 is 1.09 bits per heavy atom. The third-order valence-corrected chi connectivity index (χ3v) is 6.33. The average Bonchev–Trinajstić information content (AvgIpc) is 2.51. The summed E-state index contributed by atoms with van der Waals surface area (Å²) < 4.78 is 0. The van der Waals surface area contributed by atoms with Crippen LogP contribution in [0.2, 0.25) is 0 Å². The second kappa shape index (κ2) is 5.49. The predicted molar refractivity (Wildman–Crippen MR) is 88.8 cm³/mol. The Morgan fingerprint density at radius 3 is 2.18 bits per heavy atom. The minimum atomic E-state index is 0.0652. The molecule has 0 radical (unpaired) electrons. The van der Waals surface area contributed by atoms with Gasteiger partial charge in [-0.3, -0.25) is 4.79 Å². The minimum absolute atomic E-state index is 0.0652. The summed E-state index contributed by atoms with van der Waals surface area (Å²) in [5.74, 6) is 3.21. The van der Waals surface area contributed by atoms with Gasteiger partial charge in [0, 0.05) is 23.6 Å². The molecule has 2 nitrogen and oxygen atoms in total. The van der Waals surface area contributed by atoms with Gasteiger partial charge in [0.15, 0.2) is 5.78 Å². The quantitative estimate of drug-likeness (QED) is 0.830. The maximum absolute atomic E-state index is 12.5. The largest absolute Gasteiger partial charge is 0.310 e. The van der Waals surface area contributed by atoms with E-state index < -0.39 is 0 Å². The molecule has 2 heteroatoms. The lowest BCUT2D eigenvalue weighted by atomic mass is 9.53. The Balaban J connectivity index is 1.39. The summed E-state index contributed by atoms with van der Waals surface area (Å²) in [6, 6.07) is 9.74. The highest BCUT2D eigenvalue weighted by atomic mass is 16.1. The second-order valence-electron chi connectivity index (χ2n) is 8.21. The molecule has 118 valence electrons. The molecule has 4 fully saturated rings. The van der Waals surface area contributed by atoms with Crippen LogP contribution in [0.15, 0.2) is 30.3 Å². The minimum Gasteiger partial charge on any atom is -0.310 e. The molecule has 22 heavy (non-hydrogen) atoms. The van der Waals surface area contributed by atoms with Crippen molar-refractivity contribution in [3.8, 4) is 0 Å². The first-order valence-electron chi connectivity index (χ1n) is 8.98. The molecular formula is C20H27NO. The van der Waals surface area contributed by atoms with Crippen molar-refractivity contribution < 1.29 is 4.79 Å². The molecule has 0 spiro atoms. The van der Waals surface area contributed by atoms with Gasteiger partial charge in [0.1, 0.15) is 0 Å². The molecule has 4 aliphatic carbocycles. The van der Waals surface area contributed by atoms with Crippen LogP contribution in [0.3, 0.4) is 0 Å². The number of hydrogen-bond acceptors (Lipinski definition) is 2. The summed E-state index contributed by atoms with van der Waals surface area (Å²) in [6.45, 7) is 2.91. The Labute approximate surface area is 133 Å². The lowest BCUT2D eigenvalue weighted by Gasteiger charge is -2.57. The first-order valence-corrected chi connectivity index (χ1v) is 8.98. The smallest absolute Gasteiger partial charge is 0.166 e. The summed E-state index contributed by atoms with van der Waals surface area (Å²) in [5.41, 5.74) is 1.21. The zero-order valence-electron chi connectivity index (χ0n) is 13.6. The summed E-state index contributed by atoms with van der Waals surface area (Å²) in [7, 11) is 0. The summed E-state index contributed by atoms with van der Waals surface area (Å²) in [6.07, 6.45) is 8.47. The van der Waals surface area contributed by atoms with Crippen molar-refractivity contribution in [2.75, 3.05) is 6.54 Å². The monoisotopic (exact) mass is 297 g/mol. The van der Waals surface area contributed by atoms with Gasteiger partial charge < -0.3 is 5.32 Å². The molecular weight excluding hydrogens is 270 g/mol. The van der Waals surface area contributed by atoms with Gasteiger partial charge in [0.25, 0.3) is 0 Å². The fraction of sp³-hybridized carbons (Fsp3) is 0.650. The Kier molecular flexibility index (Phi) is 3.60. The number of nitrogens with one attached hydrogen (secondary N) is 1.